The van der Waals surface area contributed by atoms with Gasteiger partial charge in [-0.15, -0.1) is 0 Å². The second kappa shape index (κ2) is 15.5. The molecule has 0 unspecified atom stereocenters. The number of hydrogen-bond acceptors (Lipinski definition) is 3. The molecule has 62 heavy (non-hydrogen) atoms. The highest BCUT2D eigenvalue weighted by Gasteiger charge is 2.52. The van der Waals surface area contributed by atoms with Crippen LogP contribution >= 0.6 is 0 Å². The second-order valence-corrected chi connectivity index (χ2v) is 15.8. The number of aromatic nitrogens is 2. The van der Waals surface area contributed by atoms with Gasteiger partial charge in [0.1, 0.15) is 0 Å². The smallest absolute Gasteiger partial charge is 0.160 e. The van der Waals surface area contributed by atoms with Crippen molar-refractivity contribution >= 4 is 18.3 Å². The summed E-state index contributed by atoms with van der Waals surface area (Å²) in [6.07, 6.45) is 0.728. The van der Waals surface area contributed by atoms with Gasteiger partial charge in [0, 0.05) is 27.8 Å². The minimum Gasteiger partial charge on any atom is -0.245 e. The molecule has 1 spiro atoms. The van der Waals surface area contributed by atoms with Crippen molar-refractivity contribution in [3.05, 3.63) is 257 Å². The van der Waals surface area contributed by atoms with E-state index in [-0.39, 0.29) is 0 Å². The molecule has 292 valence electrons. The number of amidine groups is 1. The average Bonchev–Trinajstić information content (AvgIpc) is 3.80. The SMILES string of the molecule is C=NC(=NC1=C(Cc2ccccc2)C2(c3ccccc31)c1ccccc1-c1ccccc12)c1ccc(-c2ccc(-c3nc(-c4ccccc4)cc(-c4ccccc4)n3)cc2)cc1. The van der Waals surface area contributed by atoms with Gasteiger partial charge >= 0.3 is 0 Å². The van der Waals surface area contributed by atoms with Crippen LogP contribution in [0, 0.1) is 0 Å². The summed E-state index contributed by atoms with van der Waals surface area (Å²) in [6, 6.07) is 76.9. The molecule has 0 atom stereocenters. The maximum atomic E-state index is 5.51. The molecule has 0 N–H and O–H groups in total. The maximum Gasteiger partial charge on any atom is 0.160 e. The fraction of sp³-hybridized carbons (Fsp3) is 0.0345. The standard InChI is InChI=1S/C58H40N4/c1-59-56(44-33-29-40(30-34-44)41-31-35-45(36-32-41)57-60-53(42-19-7-3-8-20-42)38-54(61-57)43-21-9-4-10-22-43)62-55-48-25-13-16-28-51(48)58(52(55)37-39-17-5-2-6-18-39)49-26-14-11-23-46(49)47-24-12-15-27-50(47)58/h2-36,38H,1,37H2. The molecule has 0 amide bonds. The number of fused-ring (bicyclic) bond motifs is 7. The molecule has 4 heteroatoms. The normalized spacial score (nSPS) is 13.5. The summed E-state index contributed by atoms with van der Waals surface area (Å²) >= 11 is 0. The van der Waals surface area contributed by atoms with Crippen LogP contribution in [0.4, 0.5) is 0 Å². The molecule has 4 nitrogen and oxygen atoms in total. The molecule has 11 rings (SSSR count). The van der Waals surface area contributed by atoms with Gasteiger partial charge < -0.3 is 0 Å². The summed E-state index contributed by atoms with van der Waals surface area (Å²) in [5, 5.41) is 0. The van der Waals surface area contributed by atoms with Crippen LogP contribution in [-0.4, -0.2) is 22.5 Å². The van der Waals surface area contributed by atoms with E-state index in [9.17, 15) is 0 Å². The zero-order chi connectivity index (χ0) is 41.5. The van der Waals surface area contributed by atoms with Crippen LogP contribution in [0.5, 0.6) is 0 Å². The topological polar surface area (TPSA) is 50.5 Å². The van der Waals surface area contributed by atoms with Crippen LogP contribution in [0.3, 0.4) is 0 Å². The highest BCUT2D eigenvalue weighted by Crippen LogP contribution is 2.62. The Labute approximate surface area is 362 Å². The van der Waals surface area contributed by atoms with Gasteiger partial charge in [0.25, 0.3) is 0 Å². The molecular formula is C58H40N4. The Hall–Kier alpha value is -8.08. The van der Waals surface area contributed by atoms with E-state index in [2.05, 4.69) is 194 Å². The molecule has 0 bridgehead atoms. The lowest BCUT2D eigenvalue weighted by Gasteiger charge is -2.32. The first-order valence-electron chi connectivity index (χ1n) is 21.0. The van der Waals surface area contributed by atoms with Crippen molar-refractivity contribution in [2.24, 2.45) is 9.98 Å². The first-order chi connectivity index (χ1) is 30.7. The van der Waals surface area contributed by atoms with Crippen LogP contribution in [0.2, 0.25) is 0 Å². The van der Waals surface area contributed by atoms with Crippen LogP contribution in [-0.2, 0) is 11.8 Å². The van der Waals surface area contributed by atoms with Crippen molar-refractivity contribution in [1.29, 1.82) is 0 Å². The molecule has 2 aliphatic carbocycles. The summed E-state index contributed by atoms with van der Waals surface area (Å²) < 4.78 is 0. The highest BCUT2D eigenvalue weighted by molar-refractivity contribution is 6.06. The van der Waals surface area contributed by atoms with Crippen molar-refractivity contribution in [1.82, 2.24) is 9.97 Å². The number of aliphatic imine (C=N–C) groups is 2. The Balaban J connectivity index is 0.975. The lowest BCUT2D eigenvalue weighted by atomic mass is 9.68. The summed E-state index contributed by atoms with van der Waals surface area (Å²) in [4.78, 5) is 20.2. The van der Waals surface area contributed by atoms with E-state index in [1.54, 1.807) is 0 Å². The van der Waals surface area contributed by atoms with Gasteiger partial charge in [-0.25, -0.2) is 20.0 Å². The third-order valence-corrected chi connectivity index (χ3v) is 12.4. The highest BCUT2D eigenvalue weighted by atomic mass is 14.9. The molecule has 0 aliphatic heterocycles. The fourth-order valence-electron chi connectivity index (χ4n) is 9.52. The maximum absolute atomic E-state index is 5.51. The number of hydrogen-bond donors (Lipinski definition) is 0. The van der Waals surface area contributed by atoms with Crippen molar-refractivity contribution in [3.63, 3.8) is 0 Å². The predicted octanol–water partition coefficient (Wildman–Crippen LogP) is 13.6. The second-order valence-electron chi connectivity index (χ2n) is 15.8. The van der Waals surface area contributed by atoms with Gasteiger partial charge in [0.2, 0.25) is 0 Å². The Bertz CT molecular complexity index is 3080. The zero-order valence-electron chi connectivity index (χ0n) is 34.0. The van der Waals surface area contributed by atoms with E-state index in [4.69, 9.17) is 15.0 Å². The van der Waals surface area contributed by atoms with Crippen molar-refractivity contribution in [3.8, 4) is 56.2 Å². The van der Waals surface area contributed by atoms with E-state index in [1.165, 1.54) is 39.0 Å². The Morgan fingerprint density at radius 1 is 0.435 bits per heavy atom. The third kappa shape index (κ3) is 6.24. The van der Waals surface area contributed by atoms with Crippen LogP contribution < -0.4 is 0 Å². The number of benzene rings is 8. The van der Waals surface area contributed by atoms with E-state index in [0.29, 0.717) is 11.7 Å². The average molecular weight is 793 g/mol. The van der Waals surface area contributed by atoms with E-state index in [1.807, 2.05) is 36.4 Å². The van der Waals surface area contributed by atoms with Crippen molar-refractivity contribution < 1.29 is 0 Å². The molecule has 1 aromatic heterocycles. The predicted molar refractivity (Wildman–Crippen MR) is 255 cm³/mol. The quantitative estimate of drug-likeness (QED) is 0.114. The van der Waals surface area contributed by atoms with Crippen LogP contribution in [0.25, 0.3) is 61.9 Å². The van der Waals surface area contributed by atoms with Gasteiger partial charge in [-0.1, -0.05) is 212 Å². The van der Waals surface area contributed by atoms with Gasteiger partial charge in [-0.2, -0.15) is 0 Å². The lowest BCUT2D eigenvalue weighted by Crippen LogP contribution is -2.28. The first kappa shape index (κ1) is 37.0. The molecule has 8 aromatic carbocycles. The van der Waals surface area contributed by atoms with Crippen LogP contribution in [0.1, 0.15) is 33.4 Å². The fourth-order valence-corrected chi connectivity index (χ4v) is 9.52. The van der Waals surface area contributed by atoms with E-state index in [0.717, 1.165) is 62.4 Å². The molecule has 1 heterocycles. The molecule has 9 aromatic rings. The Morgan fingerprint density at radius 2 is 0.871 bits per heavy atom. The Kier molecular flexibility index (Phi) is 9.24. The first-order valence-corrected chi connectivity index (χ1v) is 21.0. The largest absolute Gasteiger partial charge is 0.245 e. The monoisotopic (exact) mass is 792 g/mol. The lowest BCUT2D eigenvalue weighted by molar-refractivity contribution is 0.740. The Morgan fingerprint density at radius 3 is 1.40 bits per heavy atom. The number of rotatable bonds is 8. The summed E-state index contributed by atoms with van der Waals surface area (Å²) in [5.74, 6) is 1.27. The number of allylic oxidation sites excluding steroid dienone is 1. The minimum absolute atomic E-state index is 0.502. The molecule has 0 saturated heterocycles. The van der Waals surface area contributed by atoms with Gasteiger partial charge in [-0.3, -0.25) is 0 Å². The van der Waals surface area contributed by atoms with E-state index >= 15 is 0 Å². The van der Waals surface area contributed by atoms with E-state index < -0.39 is 5.41 Å². The minimum atomic E-state index is -0.502. The van der Waals surface area contributed by atoms with Gasteiger partial charge in [-0.05, 0) is 69.3 Å². The van der Waals surface area contributed by atoms with Crippen molar-refractivity contribution in [2.75, 3.05) is 0 Å². The number of nitrogens with zero attached hydrogens (tertiary/aromatic N) is 4. The van der Waals surface area contributed by atoms with Crippen molar-refractivity contribution in [2.45, 2.75) is 11.8 Å². The summed E-state index contributed by atoms with van der Waals surface area (Å²) in [5.41, 5.74) is 18.3. The molecule has 2 aliphatic rings. The van der Waals surface area contributed by atoms with Gasteiger partial charge in [0.15, 0.2) is 11.7 Å². The summed E-state index contributed by atoms with van der Waals surface area (Å²) in [6.45, 7) is 4.06. The molecule has 0 fully saturated rings. The molecule has 0 saturated carbocycles. The van der Waals surface area contributed by atoms with Gasteiger partial charge in [0.05, 0.1) is 22.5 Å². The summed E-state index contributed by atoms with van der Waals surface area (Å²) in [7, 11) is 0. The molecule has 0 radical (unpaired) electrons. The van der Waals surface area contributed by atoms with Crippen LogP contribution in [0.15, 0.2) is 234 Å². The zero-order valence-corrected chi connectivity index (χ0v) is 34.0. The third-order valence-electron chi connectivity index (χ3n) is 12.4. The molecular weight excluding hydrogens is 753 g/mol.